The van der Waals surface area contributed by atoms with Gasteiger partial charge >= 0.3 is 0 Å². The van der Waals surface area contributed by atoms with Gasteiger partial charge < -0.3 is 5.32 Å². The first-order valence-corrected chi connectivity index (χ1v) is 7.59. The average molecular weight is 308 g/mol. The minimum Gasteiger partial charge on any atom is -0.306 e. The van der Waals surface area contributed by atoms with Crippen LogP contribution in [-0.2, 0) is 6.54 Å². The fourth-order valence-corrected chi connectivity index (χ4v) is 2.74. The maximum Gasteiger partial charge on any atom is 0.0409 e. The van der Waals surface area contributed by atoms with E-state index in [0.29, 0.717) is 6.04 Å². The Hall–Kier alpha value is -1.02. The topological polar surface area (TPSA) is 12.0 Å². The van der Waals surface area contributed by atoms with Gasteiger partial charge in [0.1, 0.15) is 0 Å². The lowest BCUT2D eigenvalue weighted by Crippen LogP contribution is -2.20. The van der Waals surface area contributed by atoms with Crippen molar-refractivity contribution in [1.82, 2.24) is 5.32 Å². The van der Waals surface area contributed by atoms with E-state index in [9.17, 15) is 0 Å². The van der Waals surface area contributed by atoms with Crippen molar-refractivity contribution in [1.29, 1.82) is 0 Å². The van der Waals surface area contributed by atoms with E-state index in [4.69, 9.17) is 23.2 Å². The lowest BCUT2D eigenvalue weighted by molar-refractivity contribution is 0.518. The predicted octanol–water partition coefficient (Wildman–Crippen LogP) is 5.54. The molecule has 0 heterocycles. The molecule has 0 fully saturated rings. The number of halogens is 2. The van der Waals surface area contributed by atoms with E-state index in [1.54, 1.807) is 0 Å². The maximum atomic E-state index is 6.06. The molecule has 1 atom stereocenters. The Balaban J connectivity index is 2.07. The van der Waals surface area contributed by atoms with Crippen LogP contribution in [0.4, 0.5) is 0 Å². The zero-order valence-corrected chi connectivity index (χ0v) is 13.3. The number of rotatable bonds is 5. The number of benzene rings is 2. The summed E-state index contributed by atoms with van der Waals surface area (Å²) in [7, 11) is 0. The fourth-order valence-electron chi connectivity index (χ4n) is 2.31. The number of hydrogen-bond acceptors (Lipinski definition) is 1. The summed E-state index contributed by atoms with van der Waals surface area (Å²) in [5.74, 6) is 0. The van der Waals surface area contributed by atoms with Gasteiger partial charge in [-0.2, -0.15) is 0 Å². The minimum absolute atomic E-state index is 0.309. The highest BCUT2D eigenvalue weighted by atomic mass is 35.5. The van der Waals surface area contributed by atoms with Crippen LogP contribution in [0.2, 0.25) is 10.0 Å². The van der Waals surface area contributed by atoms with Crippen LogP contribution < -0.4 is 5.32 Å². The van der Waals surface area contributed by atoms with Gasteiger partial charge in [0.25, 0.3) is 0 Å². The van der Waals surface area contributed by atoms with Crippen molar-refractivity contribution in [2.24, 2.45) is 0 Å². The lowest BCUT2D eigenvalue weighted by atomic mass is 10.0. The molecule has 2 aromatic carbocycles. The molecule has 2 rings (SSSR count). The summed E-state index contributed by atoms with van der Waals surface area (Å²) in [6.07, 6.45) is 1.02. The molecule has 3 heteroatoms. The van der Waals surface area contributed by atoms with Crippen LogP contribution in [-0.4, -0.2) is 0 Å². The van der Waals surface area contributed by atoms with Gasteiger partial charge in [-0.15, -0.1) is 0 Å². The van der Waals surface area contributed by atoms with E-state index in [-0.39, 0.29) is 0 Å². The summed E-state index contributed by atoms with van der Waals surface area (Å²) in [5, 5.41) is 5.16. The molecule has 1 unspecified atom stereocenters. The van der Waals surface area contributed by atoms with Crippen molar-refractivity contribution in [3.8, 4) is 0 Å². The molecule has 0 bridgehead atoms. The standard InChI is InChI=1S/C17H19Cl2N/c1-3-17(13-5-4-6-15(18)10-13)20-11-14-7-8-16(19)9-12(14)2/h4-10,17,20H,3,11H2,1-2H3. The predicted molar refractivity (Wildman–Crippen MR) is 87.5 cm³/mol. The second kappa shape index (κ2) is 7.12. The van der Waals surface area contributed by atoms with E-state index in [0.717, 1.165) is 23.0 Å². The molecule has 0 radical (unpaired) electrons. The van der Waals surface area contributed by atoms with Crippen molar-refractivity contribution in [3.05, 3.63) is 69.2 Å². The van der Waals surface area contributed by atoms with Gasteiger partial charge in [0.2, 0.25) is 0 Å². The van der Waals surface area contributed by atoms with Gasteiger partial charge in [-0.1, -0.05) is 48.3 Å². The molecular formula is C17H19Cl2N. The first kappa shape index (κ1) is 15.4. The summed E-state index contributed by atoms with van der Waals surface area (Å²) in [5.41, 5.74) is 3.72. The highest BCUT2D eigenvalue weighted by Crippen LogP contribution is 2.22. The third-order valence-corrected chi connectivity index (χ3v) is 3.97. The summed E-state index contributed by atoms with van der Waals surface area (Å²) < 4.78 is 0. The van der Waals surface area contributed by atoms with E-state index in [2.05, 4.69) is 31.3 Å². The molecule has 0 saturated carbocycles. The van der Waals surface area contributed by atoms with Crippen LogP contribution in [0.25, 0.3) is 0 Å². The average Bonchev–Trinajstić information content (AvgIpc) is 2.41. The largest absolute Gasteiger partial charge is 0.306 e. The zero-order valence-electron chi connectivity index (χ0n) is 11.8. The highest BCUT2D eigenvalue weighted by Gasteiger charge is 2.09. The summed E-state index contributed by atoms with van der Waals surface area (Å²) in [6, 6.07) is 14.4. The first-order chi connectivity index (χ1) is 9.60. The monoisotopic (exact) mass is 307 g/mol. The van der Waals surface area contributed by atoms with Gasteiger partial charge in [-0.25, -0.2) is 0 Å². The Kier molecular flexibility index (Phi) is 5.47. The normalized spacial score (nSPS) is 12.4. The van der Waals surface area contributed by atoms with Gasteiger partial charge in [-0.05, 0) is 54.3 Å². The van der Waals surface area contributed by atoms with Crippen molar-refractivity contribution in [3.63, 3.8) is 0 Å². The molecule has 0 aromatic heterocycles. The van der Waals surface area contributed by atoms with Crippen molar-refractivity contribution in [2.45, 2.75) is 32.9 Å². The summed E-state index contributed by atoms with van der Waals surface area (Å²) in [6.45, 7) is 5.09. The maximum absolute atomic E-state index is 6.06. The van der Waals surface area contributed by atoms with Crippen LogP contribution in [0, 0.1) is 6.92 Å². The molecule has 0 spiro atoms. The molecule has 20 heavy (non-hydrogen) atoms. The second-order valence-corrected chi connectivity index (χ2v) is 5.84. The molecule has 1 nitrogen and oxygen atoms in total. The Bertz CT molecular complexity index is 581. The third-order valence-electron chi connectivity index (χ3n) is 3.50. The van der Waals surface area contributed by atoms with Crippen LogP contribution in [0.15, 0.2) is 42.5 Å². The Morgan fingerprint density at radius 3 is 2.45 bits per heavy atom. The Labute approximate surface area is 130 Å². The van der Waals surface area contributed by atoms with E-state index < -0.39 is 0 Å². The molecular weight excluding hydrogens is 289 g/mol. The van der Waals surface area contributed by atoms with E-state index in [1.165, 1.54) is 16.7 Å². The minimum atomic E-state index is 0.309. The second-order valence-electron chi connectivity index (χ2n) is 4.97. The van der Waals surface area contributed by atoms with Crippen molar-refractivity contribution in [2.75, 3.05) is 0 Å². The molecule has 106 valence electrons. The van der Waals surface area contributed by atoms with E-state index in [1.807, 2.05) is 30.3 Å². The van der Waals surface area contributed by atoms with Crippen molar-refractivity contribution < 1.29 is 0 Å². The van der Waals surface area contributed by atoms with Gasteiger partial charge in [-0.3, -0.25) is 0 Å². The van der Waals surface area contributed by atoms with Crippen LogP contribution in [0.5, 0.6) is 0 Å². The number of nitrogens with one attached hydrogen (secondary N) is 1. The smallest absolute Gasteiger partial charge is 0.0409 e. The number of hydrogen-bond donors (Lipinski definition) is 1. The van der Waals surface area contributed by atoms with Gasteiger partial charge in [0.05, 0.1) is 0 Å². The molecule has 0 amide bonds. The van der Waals surface area contributed by atoms with Gasteiger partial charge in [0.15, 0.2) is 0 Å². The quantitative estimate of drug-likeness (QED) is 0.764. The Morgan fingerprint density at radius 2 is 1.80 bits per heavy atom. The molecule has 0 aliphatic heterocycles. The molecule has 0 aliphatic carbocycles. The van der Waals surface area contributed by atoms with Crippen molar-refractivity contribution >= 4 is 23.2 Å². The third kappa shape index (κ3) is 3.99. The van der Waals surface area contributed by atoms with E-state index >= 15 is 0 Å². The zero-order chi connectivity index (χ0) is 14.5. The highest BCUT2D eigenvalue weighted by molar-refractivity contribution is 6.30. The van der Waals surface area contributed by atoms with Crippen LogP contribution >= 0.6 is 23.2 Å². The fraction of sp³-hybridized carbons (Fsp3) is 0.294. The SMILES string of the molecule is CCC(NCc1ccc(Cl)cc1C)c1cccc(Cl)c1. The first-order valence-electron chi connectivity index (χ1n) is 6.84. The van der Waals surface area contributed by atoms with Crippen LogP contribution in [0.1, 0.15) is 36.1 Å². The lowest BCUT2D eigenvalue weighted by Gasteiger charge is -2.18. The number of aryl methyl sites for hydroxylation is 1. The summed E-state index contributed by atoms with van der Waals surface area (Å²) in [4.78, 5) is 0. The molecule has 1 N–H and O–H groups in total. The van der Waals surface area contributed by atoms with Gasteiger partial charge in [0, 0.05) is 22.6 Å². The molecule has 0 saturated heterocycles. The van der Waals surface area contributed by atoms with Crippen LogP contribution in [0.3, 0.4) is 0 Å². The molecule has 2 aromatic rings. The summed E-state index contributed by atoms with van der Waals surface area (Å²) >= 11 is 12.0. The Morgan fingerprint density at radius 1 is 1.05 bits per heavy atom. The molecule has 0 aliphatic rings.